The van der Waals surface area contributed by atoms with Gasteiger partial charge in [-0.2, -0.15) is 0 Å². The van der Waals surface area contributed by atoms with E-state index in [0.29, 0.717) is 44.3 Å². The first kappa shape index (κ1) is 27.6. The summed E-state index contributed by atoms with van der Waals surface area (Å²) in [6.07, 6.45) is -4.57. The van der Waals surface area contributed by atoms with Crippen molar-refractivity contribution in [2.24, 2.45) is 0 Å². The zero-order valence-corrected chi connectivity index (χ0v) is 23.9. The molecule has 10 nitrogen and oxygen atoms in total. The number of amides is 2. The lowest BCUT2D eigenvalue weighted by atomic mass is 9.96. The molecule has 4 aromatic carbocycles. The molecule has 0 saturated carbocycles. The zero-order chi connectivity index (χ0) is 31.4. The molecule has 1 unspecified atom stereocenters. The van der Waals surface area contributed by atoms with E-state index in [2.05, 4.69) is 4.98 Å². The Morgan fingerprint density at radius 1 is 0.891 bits per heavy atom. The molecule has 3 N–H and O–H groups in total. The van der Waals surface area contributed by atoms with E-state index in [1.165, 1.54) is 36.4 Å². The van der Waals surface area contributed by atoms with E-state index in [1.54, 1.807) is 4.57 Å². The van der Waals surface area contributed by atoms with E-state index >= 15 is 0 Å². The highest BCUT2D eigenvalue weighted by Gasteiger charge is 2.53. The predicted octanol–water partition coefficient (Wildman–Crippen LogP) is 4.50. The summed E-state index contributed by atoms with van der Waals surface area (Å²) >= 11 is 0. The molecule has 5 heterocycles. The lowest BCUT2D eigenvalue weighted by Crippen LogP contribution is -2.31. The Morgan fingerprint density at radius 3 is 2.37 bits per heavy atom. The summed E-state index contributed by atoms with van der Waals surface area (Å²) in [5, 5.41) is 23.8. The quantitative estimate of drug-likeness (QED) is 0.241. The molecule has 6 aromatic rings. The molecule has 0 radical (unpaired) electrons. The first-order valence-electron chi connectivity index (χ1n) is 14.9. The van der Waals surface area contributed by atoms with Gasteiger partial charge >= 0.3 is 0 Å². The second-order valence-electron chi connectivity index (χ2n) is 11.9. The molecule has 46 heavy (non-hydrogen) atoms. The van der Waals surface area contributed by atoms with Crippen molar-refractivity contribution in [3.05, 3.63) is 95.1 Å². The molecule has 232 valence electrons. The molecule has 0 bridgehead atoms. The van der Waals surface area contributed by atoms with Gasteiger partial charge < -0.3 is 29.2 Å². The van der Waals surface area contributed by atoms with Crippen LogP contribution in [0.3, 0.4) is 0 Å². The normalized spacial score (nSPS) is 24.3. The Morgan fingerprint density at radius 2 is 1.61 bits per heavy atom. The minimum Gasteiger partial charge on any atom is -0.388 e. The number of nitrogens with zero attached hydrogens (tertiary/aromatic N) is 2. The Labute approximate surface area is 258 Å². The number of carbonyl (C=O) groups excluding carboxylic acids is 2. The fourth-order valence-electron chi connectivity index (χ4n) is 7.34. The van der Waals surface area contributed by atoms with Gasteiger partial charge in [0.2, 0.25) is 0 Å². The molecule has 0 aliphatic carbocycles. The molecule has 2 saturated heterocycles. The minimum atomic E-state index is -1.24. The Balaban J connectivity index is 1.32. The van der Waals surface area contributed by atoms with Crippen LogP contribution in [0.2, 0.25) is 0 Å². The summed E-state index contributed by atoms with van der Waals surface area (Å²) in [4.78, 5) is 37.4. The van der Waals surface area contributed by atoms with Crippen molar-refractivity contribution in [3.8, 4) is 0 Å². The van der Waals surface area contributed by atoms with E-state index in [9.17, 15) is 28.6 Å². The highest BCUT2D eigenvalue weighted by Crippen LogP contribution is 2.48. The number of carbonyl (C=O) groups is 2. The summed E-state index contributed by atoms with van der Waals surface area (Å²) < 4.78 is 43.1. The SMILES string of the molecule is O=C1c2c(c3c4cc(F)ccc4n(C4O[C@H]5[C@H](OC[C@H]5O)[C@H]4O)c3c3[nH]c4ccc(F)cc4c23)C(=O)N1OCCc1ccccc1. The summed E-state index contributed by atoms with van der Waals surface area (Å²) in [5.41, 5.74) is 2.49. The molecule has 2 aromatic heterocycles. The molecule has 0 spiro atoms. The number of hydrogen-bond acceptors (Lipinski definition) is 7. The van der Waals surface area contributed by atoms with Crippen molar-refractivity contribution in [1.82, 2.24) is 14.6 Å². The zero-order valence-electron chi connectivity index (χ0n) is 23.9. The van der Waals surface area contributed by atoms with Gasteiger partial charge in [0, 0.05) is 27.1 Å². The monoisotopic (exact) mass is 625 g/mol. The van der Waals surface area contributed by atoms with Crippen molar-refractivity contribution in [2.45, 2.75) is 37.1 Å². The highest BCUT2D eigenvalue weighted by molar-refractivity contribution is 6.39. The third-order valence-corrected chi connectivity index (χ3v) is 9.31. The van der Waals surface area contributed by atoms with Crippen molar-refractivity contribution < 1.29 is 42.9 Å². The van der Waals surface area contributed by atoms with Crippen LogP contribution in [-0.4, -0.2) is 74.3 Å². The van der Waals surface area contributed by atoms with E-state index in [-0.39, 0.29) is 35.1 Å². The number of halogens is 2. The van der Waals surface area contributed by atoms with Crippen LogP contribution in [0, 0.1) is 11.6 Å². The number of ether oxygens (including phenoxy) is 2. The second kappa shape index (κ2) is 9.89. The van der Waals surface area contributed by atoms with E-state index < -0.39 is 54.1 Å². The number of imide groups is 1. The summed E-state index contributed by atoms with van der Waals surface area (Å²) in [5.74, 6) is -2.62. The lowest BCUT2D eigenvalue weighted by molar-refractivity contribution is -0.0901. The van der Waals surface area contributed by atoms with Crippen molar-refractivity contribution >= 4 is 55.4 Å². The molecule has 12 heteroatoms. The maximum Gasteiger partial charge on any atom is 0.286 e. The van der Waals surface area contributed by atoms with Gasteiger partial charge in [0.25, 0.3) is 11.8 Å². The number of hydroxylamine groups is 2. The van der Waals surface area contributed by atoms with E-state index in [1.807, 2.05) is 30.3 Å². The number of H-pyrrole nitrogens is 1. The third-order valence-electron chi connectivity index (χ3n) is 9.31. The van der Waals surface area contributed by atoms with E-state index in [4.69, 9.17) is 14.3 Å². The van der Waals surface area contributed by atoms with Crippen LogP contribution in [-0.2, 0) is 20.7 Å². The summed E-state index contributed by atoms with van der Waals surface area (Å²) in [6.45, 7) is 0.0213. The molecule has 3 aliphatic rings. The van der Waals surface area contributed by atoms with Gasteiger partial charge in [-0.05, 0) is 48.4 Å². The molecular formula is C34H25F2N3O7. The standard InChI is InChI=1S/C34H25F2N3O7/c35-16-6-8-20-18(12-16)23-25-26(33(43)39(32(25)42)45-11-10-15-4-2-1-3-5-15)24-19-13-17(36)7-9-21(19)38(28(24)27(23)37-20)34-29(41)31-30(46-34)22(40)14-44-31/h1-9,12-13,22,29-31,34,37,40-41H,10-11,14H2/t22-,29-,30-,31-,34?/m1/s1. The van der Waals surface area contributed by atoms with Gasteiger partial charge in [-0.25, -0.2) is 8.78 Å². The number of aromatic nitrogens is 2. The molecule has 5 atom stereocenters. The fourth-order valence-corrected chi connectivity index (χ4v) is 7.34. The Hall–Kier alpha value is -4.72. The van der Waals surface area contributed by atoms with Crippen LogP contribution in [0.1, 0.15) is 32.5 Å². The summed E-state index contributed by atoms with van der Waals surface area (Å²) in [6, 6.07) is 17.5. The van der Waals surface area contributed by atoms with Gasteiger partial charge in [-0.3, -0.25) is 14.4 Å². The van der Waals surface area contributed by atoms with Crippen LogP contribution in [0.5, 0.6) is 0 Å². The van der Waals surface area contributed by atoms with Crippen LogP contribution < -0.4 is 0 Å². The first-order valence-corrected chi connectivity index (χ1v) is 14.9. The van der Waals surface area contributed by atoms with Crippen molar-refractivity contribution in [2.75, 3.05) is 13.2 Å². The molecular weight excluding hydrogens is 600 g/mol. The van der Waals surface area contributed by atoms with Crippen LogP contribution in [0.25, 0.3) is 43.6 Å². The maximum atomic E-state index is 14.9. The number of nitrogens with one attached hydrogen (secondary N) is 1. The number of aromatic amines is 1. The highest BCUT2D eigenvalue weighted by atomic mass is 19.1. The molecule has 2 amide bonds. The van der Waals surface area contributed by atoms with Crippen LogP contribution >= 0.6 is 0 Å². The predicted molar refractivity (Wildman–Crippen MR) is 161 cm³/mol. The Bertz CT molecular complexity index is 2270. The lowest BCUT2D eigenvalue weighted by Gasteiger charge is -2.22. The van der Waals surface area contributed by atoms with Gasteiger partial charge in [0.05, 0.1) is 40.9 Å². The molecule has 3 aliphatic heterocycles. The Kier molecular flexibility index (Phi) is 5.93. The molecule has 2 fully saturated rings. The topological polar surface area (TPSA) is 126 Å². The van der Waals surface area contributed by atoms with Gasteiger partial charge in [0.15, 0.2) is 6.23 Å². The average molecular weight is 626 g/mol. The fraction of sp³-hybridized carbons (Fsp3) is 0.235. The number of benzene rings is 4. The number of hydrogen-bond donors (Lipinski definition) is 3. The number of rotatable bonds is 5. The van der Waals surface area contributed by atoms with Gasteiger partial charge in [-0.1, -0.05) is 30.3 Å². The maximum absolute atomic E-state index is 14.9. The number of aliphatic hydroxyl groups is 2. The van der Waals surface area contributed by atoms with E-state index in [0.717, 1.165) is 5.56 Å². The number of fused-ring (bicyclic) bond motifs is 11. The second-order valence-corrected chi connectivity index (χ2v) is 11.9. The largest absolute Gasteiger partial charge is 0.388 e. The van der Waals surface area contributed by atoms with Crippen molar-refractivity contribution in [3.63, 3.8) is 0 Å². The summed E-state index contributed by atoms with van der Waals surface area (Å²) in [7, 11) is 0. The average Bonchev–Trinajstić information content (AvgIpc) is 3.82. The number of aliphatic hydroxyl groups excluding tert-OH is 2. The van der Waals surface area contributed by atoms with Gasteiger partial charge in [0.1, 0.15) is 36.1 Å². The van der Waals surface area contributed by atoms with Crippen molar-refractivity contribution in [1.29, 1.82) is 0 Å². The minimum absolute atomic E-state index is 0.000442. The third kappa shape index (κ3) is 3.73. The van der Waals surface area contributed by atoms with Crippen LogP contribution in [0.15, 0.2) is 66.7 Å². The van der Waals surface area contributed by atoms with Gasteiger partial charge in [-0.15, -0.1) is 5.06 Å². The first-order chi connectivity index (χ1) is 22.3. The smallest absolute Gasteiger partial charge is 0.286 e. The van der Waals surface area contributed by atoms with Crippen LogP contribution in [0.4, 0.5) is 8.78 Å². The molecule has 9 rings (SSSR count).